The monoisotopic (exact) mass is 336 g/mol. The van der Waals surface area contributed by atoms with Gasteiger partial charge in [0.1, 0.15) is 11.6 Å². The van der Waals surface area contributed by atoms with Gasteiger partial charge in [0, 0.05) is 11.6 Å². The average molecular weight is 336 g/mol. The van der Waals surface area contributed by atoms with Crippen LogP contribution in [0.5, 0.6) is 0 Å². The van der Waals surface area contributed by atoms with Crippen LogP contribution in [0.25, 0.3) is 22.3 Å². The van der Waals surface area contributed by atoms with Gasteiger partial charge in [-0.15, -0.1) is 0 Å². The van der Waals surface area contributed by atoms with E-state index in [1.165, 1.54) is 37.0 Å². The van der Waals surface area contributed by atoms with Crippen molar-refractivity contribution in [3.05, 3.63) is 83.9 Å². The molecule has 0 saturated heterocycles. The maximum atomic E-state index is 14.2. The molecule has 0 aliphatic rings. The van der Waals surface area contributed by atoms with Gasteiger partial charge in [-0.3, -0.25) is 0 Å². The number of unbranched alkanes of at least 4 members (excludes halogenated alkanes) is 2. The molecular formula is C23H22F2. The summed E-state index contributed by atoms with van der Waals surface area (Å²) in [4.78, 5) is 0. The van der Waals surface area contributed by atoms with Crippen molar-refractivity contribution in [1.82, 2.24) is 0 Å². The molecule has 128 valence electrons. The highest BCUT2D eigenvalue weighted by molar-refractivity contribution is 5.83. The molecule has 0 aromatic heterocycles. The van der Waals surface area contributed by atoms with E-state index in [1.807, 2.05) is 24.3 Å². The standard InChI is InChI=1S/C23H22F2/c1-2-3-4-7-17-10-12-18(13-11-17)20-8-5-6-9-21(20)22-15-14-19(24)16-23(22)25/h5-6,8-16H,2-4,7H2,1H3. The van der Waals surface area contributed by atoms with Gasteiger partial charge in [0.05, 0.1) is 0 Å². The fourth-order valence-electron chi connectivity index (χ4n) is 3.11. The minimum atomic E-state index is -0.560. The smallest absolute Gasteiger partial charge is 0.133 e. The number of benzene rings is 3. The summed E-state index contributed by atoms with van der Waals surface area (Å²) in [5, 5.41) is 0. The highest BCUT2D eigenvalue weighted by Crippen LogP contribution is 2.33. The molecular weight excluding hydrogens is 314 g/mol. The Morgan fingerprint density at radius 1 is 0.720 bits per heavy atom. The number of hydrogen-bond donors (Lipinski definition) is 0. The van der Waals surface area contributed by atoms with Crippen LogP contribution >= 0.6 is 0 Å². The average Bonchev–Trinajstić information content (AvgIpc) is 2.63. The Hall–Kier alpha value is -2.48. The summed E-state index contributed by atoms with van der Waals surface area (Å²) in [7, 11) is 0. The molecule has 0 nitrogen and oxygen atoms in total. The molecule has 3 aromatic carbocycles. The zero-order valence-electron chi connectivity index (χ0n) is 14.4. The molecule has 0 amide bonds. The maximum Gasteiger partial charge on any atom is 0.133 e. The van der Waals surface area contributed by atoms with E-state index in [1.54, 1.807) is 0 Å². The normalized spacial score (nSPS) is 10.8. The first-order valence-corrected chi connectivity index (χ1v) is 8.83. The van der Waals surface area contributed by atoms with Crippen molar-refractivity contribution in [3.8, 4) is 22.3 Å². The molecule has 0 bridgehead atoms. The number of aryl methyl sites for hydroxylation is 1. The molecule has 0 atom stereocenters. The van der Waals surface area contributed by atoms with E-state index in [2.05, 4.69) is 31.2 Å². The van der Waals surface area contributed by atoms with Crippen LogP contribution < -0.4 is 0 Å². The number of rotatable bonds is 6. The topological polar surface area (TPSA) is 0 Å². The lowest BCUT2D eigenvalue weighted by Gasteiger charge is -2.12. The van der Waals surface area contributed by atoms with Gasteiger partial charge in [0.25, 0.3) is 0 Å². The first-order valence-electron chi connectivity index (χ1n) is 8.83. The summed E-state index contributed by atoms with van der Waals surface area (Å²) in [5.41, 5.74) is 4.51. The van der Waals surface area contributed by atoms with Gasteiger partial charge in [0.15, 0.2) is 0 Å². The lowest BCUT2D eigenvalue weighted by molar-refractivity contribution is 0.585. The van der Waals surface area contributed by atoms with E-state index in [0.29, 0.717) is 5.56 Å². The van der Waals surface area contributed by atoms with Gasteiger partial charge < -0.3 is 0 Å². The molecule has 3 rings (SSSR count). The van der Waals surface area contributed by atoms with Crippen LogP contribution in [0.4, 0.5) is 8.78 Å². The van der Waals surface area contributed by atoms with E-state index in [4.69, 9.17) is 0 Å². The van der Waals surface area contributed by atoms with Crippen LogP contribution in [0.15, 0.2) is 66.7 Å². The molecule has 0 radical (unpaired) electrons. The van der Waals surface area contributed by atoms with Crippen LogP contribution in [-0.4, -0.2) is 0 Å². The van der Waals surface area contributed by atoms with Crippen LogP contribution in [0.2, 0.25) is 0 Å². The highest BCUT2D eigenvalue weighted by atomic mass is 19.1. The summed E-state index contributed by atoms with van der Waals surface area (Å²) in [5.74, 6) is -1.10. The van der Waals surface area contributed by atoms with Gasteiger partial charge >= 0.3 is 0 Å². The number of halogens is 2. The first-order chi connectivity index (χ1) is 12.2. The molecule has 2 heteroatoms. The maximum absolute atomic E-state index is 14.2. The number of hydrogen-bond acceptors (Lipinski definition) is 0. The SMILES string of the molecule is CCCCCc1ccc(-c2ccccc2-c2ccc(F)cc2F)cc1. The van der Waals surface area contributed by atoms with Gasteiger partial charge in [-0.2, -0.15) is 0 Å². The predicted octanol–water partition coefficient (Wildman–Crippen LogP) is 7.03. The molecule has 0 heterocycles. The summed E-state index contributed by atoms with van der Waals surface area (Å²) < 4.78 is 27.4. The quantitative estimate of drug-likeness (QED) is 0.424. The molecule has 0 aliphatic carbocycles. The first kappa shape index (κ1) is 17.3. The molecule has 0 unspecified atom stereocenters. The van der Waals surface area contributed by atoms with Gasteiger partial charge in [0.2, 0.25) is 0 Å². The molecule has 3 aromatic rings. The van der Waals surface area contributed by atoms with Crippen molar-refractivity contribution in [2.75, 3.05) is 0 Å². The minimum Gasteiger partial charge on any atom is -0.207 e. The second-order valence-corrected chi connectivity index (χ2v) is 6.32. The van der Waals surface area contributed by atoms with Gasteiger partial charge in [-0.25, -0.2) is 8.78 Å². The molecule has 0 aliphatic heterocycles. The van der Waals surface area contributed by atoms with Crippen LogP contribution in [0, 0.1) is 11.6 Å². The van der Waals surface area contributed by atoms with Crippen molar-refractivity contribution in [2.24, 2.45) is 0 Å². The minimum absolute atomic E-state index is 0.420. The van der Waals surface area contributed by atoms with Crippen molar-refractivity contribution in [3.63, 3.8) is 0 Å². The lowest BCUT2D eigenvalue weighted by Crippen LogP contribution is -1.91. The molecule has 25 heavy (non-hydrogen) atoms. The Kier molecular flexibility index (Phi) is 5.60. The van der Waals surface area contributed by atoms with E-state index in [-0.39, 0.29) is 0 Å². The largest absolute Gasteiger partial charge is 0.207 e. The summed E-state index contributed by atoms with van der Waals surface area (Å²) in [6, 6.07) is 19.9. The Labute approximate surface area is 148 Å². The third-order valence-electron chi connectivity index (χ3n) is 4.48. The highest BCUT2D eigenvalue weighted by Gasteiger charge is 2.11. The van der Waals surface area contributed by atoms with Crippen LogP contribution in [0.1, 0.15) is 31.7 Å². The van der Waals surface area contributed by atoms with Gasteiger partial charge in [-0.05, 0) is 47.2 Å². The Morgan fingerprint density at radius 3 is 2.12 bits per heavy atom. The van der Waals surface area contributed by atoms with Crippen molar-refractivity contribution < 1.29 is 8.78 Å². The Morgan fingerprint density at radius 2 is 1.44 bits per heavy atom. The Balaban J connectivity index is 1.93. The van der Waals surface area contributed by atoms with E-state index in [0.717, 1.165) is 29.2 Å². The summed E-state index contributed by atoms with van der Waals surface area (Å²) >= 11 is 0. The summed E-state index contributed by atoms with van der Waals surface area (Å²) in [6.07, 6.45) is 4.75. The third kappa shape index (κ3) is 4.14. The van der Waals surface area contributed by atoms with Crippen LogP contribution in [0.3, 0.4) is 0 Å². The van der Waals surface area contributed by atoms with Crippen molar-refractivity contribution >= 4 is 0 Å². The van der Waals surface area contributed by atoms with E-state index in [9.17, 15) is 8.78 Å². The van der Waals surface area contributed by atoms with Crippen LogP contribution in [-0.2, 0) is 6.42 Å². The zero-order chi connectivity index (χ0) is 17.6. The predicted molar refractivity (Wildman–Crippen MR) is 100 cm³/mol. The lowest BCUT2D eigenvalue weighted by atomic mass is 9.93. The van der Waals surface area contributed by atoms with E-state index >= 15 is 0 Å². The van der Waals surface area contributed by atoms with E-state index < -0.39 is 11.6 Å². The fourth-order valence-corrected chi connectivity index (χ4v) is 3.11. The fraction of sp³-hybridized carbons (Fsp3) is 0.217. The van der Waals surface area contributed by atoms with Crippen molar-refractivity contribution in [2.45, 2.75) is 32.6 Å². The van der Waals surface area contributed by atoms with Gasteiger partial charge in [-0.1, -0.05) is 68.3 Å². The Bertz CT molecular complexity index is 835. The second kappa shape index (κ2) is 8.06. The second-order valence-electron chi connectivity index (χ2n) is 6.32. The molecule has 0 saturated carbocycles. The molecule has 0 fully saturated rings. The zero-order valence-corrected chi connectivity index (χ0v) is 14.4. The van der Waals surface area contributed by atoms with Crippen molar-refractivity contribution in [1.29, 1.82) is 0 Å². The molecule has 0 N–H and O–H groups in total. The summed E-state index contributed by atoms with van der Waals surface area (Å²) in [6.45, 7) is 2.20. The third-order valence-corrected chi connectivity index (χ3v) is 4.48. The molecule has 0 spiro atoms.